The molecule has 0 amide bonds. The maximum absolute atomic E-state index is 13.8. The van der Waals surface area contributed by atoms with E-state index in [-0.39, 0.29) is 11.5 Å². The van der Waals surface area contributed by atoms with Gasteiger partial charge in [0.25, 0.3) is 0 Å². The van der Waals surface area contributed by atoms with E-state index in [0.29, 0.717) is 17.8 Å². The highest BCUT2D eigenvalue weighted by molar-refractivity contribution is 5.60. The largest absolute Gasteiger partial charge is 0.396 e. The number of nitrogen functional groups attached to an aromatic ring is 1. The molecule has 94 valence electrons. The second-order valence-corrected chi connectivity index (χ2v) is 4.14. The van der Waals surface area contributed by atoms with Crippen LogP contribution in [0.4, 0.5) is 20.2 Å². The highest BCUT2D eigenvalue weighted by Crippen LogP contribution is 2.23. The topological polar surface area (TPSA) is 38.0 Å². The minimum absolute atomic E-state index is 0.152. The van der Waals surface area contributed by atoms with Crippen molar-refractivity contribution in [2.45, 2.75) is 13.5 Å². The van der Waals surface area contributed by atoms with Crippen molar-refractivity contribution in [1.82, 2.24) is 0 Å². The molecule has 0 radical (unpaired) electrons. The van der Waals surface area contributed by atoms with Gasteiger partial charge in [0.15, 0.2) is 5.82 Å². The molecule has 0 spiro atoms. The monoisotopic (exact) mass is 248 g/mol. The summed E-state index contributed by atoms with van der Waals surface area (Å²) in [7, 11) is 0. The fourth-order valence-corrected chi connectivity index (χ4v) is 1.63. The van der Waals surface area contributed by atoms with E-state index in [1.54, 1.807) is 31.2 Å². The number of aryl methyl sites for hydroxylation is 1. The fourth-order valence-electron chi connectivity index (χ4n) is 1.63. The van der Waals surface area contributed by atoms with Gasteiger partial charge in [-0.05, 0) is 36.2 Å². The molecule has 0 atom stereocenters. The third kappa shape index (κ3) is 2.59. The van der Waals surface area contributed by atoms with E-state index in [1.165, 1.54) is 12.1 Å². The zero-order valence-corrected chi connectivity index (χ0v) is 10.0. The van der Waals surface area contributed by atoms with Gasteiger partial charge in [0.05, 0.1) is 11.4 Å². The van der Waals surface area contributed by atoms with Crippen LogP contribution >= 0.6 is 0 Å². The van der Waals surface area contributed by atoms with E-state index in [4.69, 9.17) is 5.73 Å². The van der Waals surface area contributed by atoms with E-state index in [9.17, 15) is 8.78 Å². The predicted molar refractivity (Wildman–Crippen MR) is 69.3 cm³/mol. The van der Waals surface area contributed by atoms with Gasteiger partial charge >= 0.3 is 0 Å². The van der Waals surface area contributed by atoms with Crippen LogP contribution in [0.3, 0.4) is 0 Å². The number of nitrogens with one attached hydrogen (secondary N) is 1. The molecule has 2 rings (SSSR count). The van der Waals surface area contributed by atoms with Crippen molar-refractivity contribution in [2.75, 3.05) is 11.1 Å². The van der Waals surface area contributed by atoms with E-state index in [2.05, 4.69) is 5.32 Å². The molecule has 18 heavy (non-hydrogen) atoms. The van der Waals surface area contributed by atoms with Gasteiger partial charge in [0.2, 0.25) is 0 Å². The Kier molecular flexibility index (Phi) is 3.46. The van der Waals surface area contributed by atoms with Crippen molar-refractivity contribution in [3.8, 4) is 0 Å². The first kappa shape index (κ1) is 12.4. The second kappa shape index (κ2) is 5.04. The van der Waals surface area contributed by atoms with Crippen LogP contribution in [0.2, 0.25) is 0 Å². The van der Waals surface area contributed by atoms with Crippen LogP contribution in [0.15, 0.2) is 36.4 Å². The normalized spacial score (nSPS) is 10.4. The zero-order chi connectivity index (χ0) is 13.1. The van der Waals surface area contributed by atoms with Crippen LogP contribution in [0.1, 0.15) is 11.1 Å². The Balaban J connectivity index is 2.11. The van der Waals surface area contributed by atoms with Gasteiger partial charge in [-0.3, -0.25) is 0 Å². The van der Waals surface area contributed by atoms with Crippen molar-refractivity contribution in [1.29, 1.82) is 0 Å². The standard InChI is InChI=1S/C14H14F2N2/c1-9-2-7-12(13(16)14(9)17)18-8-10-3-5-11(15)6-4-10/h2-7,18H,8,17H2,1H3. The van der Waals surface area contributed by atoms with Crippen molar-refractivity contribution >= 4 is 11.4 Å². The van der Waals surface area contributed by atoms with Crippen molar-refractivity contribution in [3.63, 3.8) is 0 Å². The molecule has 0 saturated heterocycles. The molecule has 0 aliphatic rings. The molecule has 0 aliphatic carbocycles. The smallest absolute Gasteiger partial charge is 0.169 e. The van der Waals surface area contributed by atoms with Crippen LogP contribution < -0.4 is 11.1 Å². The molecule has 2 aromatic rings. The summed E-state index contributed by atoms with van der Waals surface area (Å²) in [5, 5.41) is 2.94. The van der Waals surface area contributed by atoms with Crippen LogP contribution in [-0.4, -0.2) is 0 Å². The van der Waals surface area contributed by atoms with E-state index < -0.39 is 5.82 Å². The summed E-state index contributed by atoms with van der Waals surface area (Å²) in [6, 6.07) is 9.44. The first-order chi connectivity index (χ1) is 8.58. The van der Waals surface area contributed by atoms with Gasteiger partial charge in [-0.25, -0.2) is 8.78 Å². The summed E-state index contributed by atoms with van der Waals surface area (Å²) in [5.41, 5.74) is 7.69. The summed E-state index contributed by atoms with van der Waals surface area (Å²) >= 11 is 0. The fraction of sp³-hybridized carbons (Fsp3) is 0.143. The molecule has 4 heteroatoms. The lowest BCUT2D eigenvalue weighted by atomic mass is 10.1. The predicted octanol–water partition coefficient (Wildman–Crippen LogP) is 3.47. The maximum atomic E-state index is 13.8. The van der Waals surface area contributed by atoms with Gasteiger partial charge in [-0.2, -0.15) is 0 Å². The molecular formula is C14H14F2N2. The van der Waals surface area contributed by atoms with Crippen molar-refractivity contribution < 1.29 is 8.78 Å². The number of halogens is 2. The molecule has 0 fully saturated rings. The minimum Gasteiger partial charge on any atom is -0.396 e. The number of nitrogens with two attached hydrogens (primary N) is 1. The summed E-state index contributed by atoms with van der Waals surface area (Å²) in [6.45, 7) is 2.17. The van der Waals surface area contributed by atoms with Crippen LogP contribution in [0, 0.1) is 18.6 Å². The molecule has 0 aliphatic heterocycles. The molecule has 0 unspecified atom stereocenters. The van der Waals surface area contributed by atoms with E-state index >= 15 is 0 Å². The highest BCUT2D eigenvalue weighted by Gasteiger charge is 2.07. The van der Waals surface area contributed by atoms with E-state index in [0.717, 1.165) is 5.56 Å². The quantitative estimate of drug-likeness (QED) is 0.816. The molecule has 3 N–H and O–H groups in total. The molecular weight excluding hydrogens is 234 g/mol. The first-order valence-electron chi connectivity index (χ1n) is 5.61. The molecule has 0 heterocycles. The summed E-state index contributed by atoms with van der Waals surface area (Å²) in [6.07, 6.45) is 0. The molecule has 0 aromatic heterocycles. The van der Waals surface area contributed by atoms with Crippen molar-refractivity contribution in [3.05, 3.63) is 59.2 Å². The van der Waals surface area contributed by atoms with Crippen LogP contribution in [0.5, 0.6) is 0 Å². The minimum atomic E-state index is -0.447. The Labute approximate surface area is 104 Å². The number of hydrogen-bond donors (Lipinski definition) is 2. The number of benzene rings is 2. The summed E-state index contributed by atoms with van der Waals surface area (Å²) < 4.78 is 26.5. The highest BCUT2D eigenvalue weighted by atomic mass is 19.1. The third-order valence-electron chi connectivity index (χ3n) is 2.79. The SMILES string of the molecule is Cc1ccc(NCc2ccc(F)cc2)c(F)c1N. The Hall–Kier alpha value is -2.10. The average Bonchev–Trinajstić information content (AvgIpc) is 2.37. The van der Waals surface area contributed by atoms with Gasteiger partial charge in [0.1, 0.15) is 5.82 Å². The lowest BCUT2D eigenvalue weighted by Gasteiger charge is -2.10. The Morgan fingerprint density at radius 1 is 1.06 bits per heavy atom. The average molecular weight is 248 g/mol. The van der Waals surface area contributed by atoms with Gasteiger partial charge < -0.3 is 11.1 Å². The Morgan fingerprint density at radius 2 is 1.72 bits per heavy atom. The number of hydrogen-bond acceptors (Lipinski definition) is 2. The summed E-state index contributed by atoms with van der Waals surface area (Å²) in [5.74, 6) is -0.735. The molecule has 0 bridgehead atoms. The van der Waals surface area contributed by atoms with Crippen LogP contribution in [-0.2, 0) is 6.54 Å². The Bertz CT molecular complexity index is 550. The van der Waals surface area contributed by atoms with Gasteiger partial charge in [0, 0.05) is 6.54 Å². The number of rotatable bonds is 3. The number of anilines is 2. The lowest BCUT2D eigenvalue weighted by Crippen LogP contribution is -2.04. The van der Waals surface area contributed by atoms with E-state index in [1.807, 2.05) is 0 Å². The molecule has 2 aromatic carbocycles. The maximum Gasteiger partial charge on any atom is 0.169 e. The Morgan fingerprint density at radius 3 is 2.39 bits per heavy atom. The van der Waals surface area contributed by atoms with Gasteiger partial charge in [-0.15, -0.1) is 0 Å². The molecule has 2 nitrogen and oxygen atoms in total. The summed E-state index contributed by atoms with van der Waals surface area (Å²) in [4.78, 5) is 0. The third-order valence-corrected chi connectivity index (χ3v) is 2.79. The lowest BCUT2D eigenvalue weighted by molar-refractivity contribution is 0.626. The van der Waals surface area contributed by atoms with Crippen molar-refractivity contribution in [2.24, 2.45) is 0 Å². The van der Waals surface area contributed by atoms with Crippen LogP contribution in [0.25, 0.3) is 0 Å². The molecule has 0 saturated carbocycles. The second-order valence-electron chi connectivity index (χ2n) is 4.14. The van der Waals surface area contributed by atoms with Gasteiger partial charge in [-0.1, -0.05) is 18.2 Å². The first-order valence-corrected chi connectivity index (χ1v) is 5.61. The zero-order valence-electron chi connectivity index (χ0n) is 10.0.